The molecule has 0 bridgehead atoms. The molecule has 0 unspecified atom stereocenters. The molecule has 0 radical (unpaired) electrons. The Morgan fingerprint density at radius 2 is 1.67 bits per heavy atom. The molecule has 0 fully saturated rings. The molecule has 0 saturated heterocycles. The average molecular weight is 361 g/mol. The van der Waals surface area contributed by atoms with Gasteiger partial charge in [0, 0.05) is 16.7 Å². The van der Waals surface area contributed by atoms with Gasteiger partial charge >= 0.3 is 16.6 Å². The van der Waals surface area contributed by atoms with Gasteiger partial charge in [-0.3, -0.25) is 10.1 Å². The van der Waals surface area contributed by atoms with Gasteiger partial charge in [-0.05, 0) is 47.1 Å². The van der Waals surface area contributed by atoms with E-state index in [1.807, 2.05) is 0 Å². The number of hydrogen-bond acceptors (Lipinski definition) is 6. The van der Waals surface area contributed by atoms with Crippen molar-refractivity contribution in [3.05, 3.63) is 22.3 Å². The summed E-state index contributed by atoms with van der Waals surface area (Å²) in [6.45, 7) is 9.42. The predicted octanol–water partition coefficient (Wildman–Crippen LogP) is 3.36. The summed E-state index contributed by atoms with van der Waals surface area (Å²) >= 11 is 0. The van der Waals surface area contributed by atoms with Gasteiger partial charge in [-0.15, -0.1) is 0 Å². The lowest BCUT2D eigenvalue weighted by Gasteiger charge is -2.22. The number of carbonyl (C=O) groups excluding carboxylic acids is 2. The summed E-state index contributed by atoms with van der Waals surface area (Å²) < 4.78 is 44.0. The van der Waals surface area contributed by atoms with Gasteiger partial charge in [0.15, 0.2) is 12.0 Å². The van der Waals surface area contributed by atoms with Crippen LogP contribution in [0.5, 0.6) is 5.75 Å². The molecule has 0 aliphatic rings. The Labute approximate surface area is 140 Å². The van der Waals surface area contributed by atoms with E-state index >= 15 is 0 Å². The maximum Gasteiger partial charge on any atom is 0.488 e. The van der Waals surface area contributed by atoms with Crippen molar-refractivity contribution >= 4 is 28.6 Å². The van der Waals surface area contributed by atoms with E-state index in [1.54, 1.807) is 27.7 Å². The van der Waals surface area contributed by atoms with Gasteiger partial charge < -0.3 is 8.92 Å². The number of rotatable bonds is 4. The van der Waals surface area contributed by atoms with Crippen LogP contribution in [0, 0.1) is 20.8 Å². The van der Waals surface area contributed by atoms with E-state index in [1.165, 1.54) is 13.8 Å². The zero-order valence-electron chi connectivity index (χ0n) is 14.3. The average Bonchev–Trinajstić information content (AvgIpc) is 2.37. The molecule has 1 aromatic rings. The Morgan fingerprint density at radius 1 is 1.12 bits per heavy atom. The highest BCUT2D eigenvalue weighted by Gasteiger charge is 2.24. The van der Waals surface area contributed by atoms with Gasteiger partial charge in [-0.2, -0.15) is 8.42 Å². The zero-order valence-corrected chi connectivity index (χ0v) is 15.1. The van der Waals surface area contributed by atoms with Gasteiger partial charge in [0.1, 0.15) is 5.60 Å². The van der Waals surface area contributed by atoms with Gasteiger partial charge in [0.05, 0.1) is 5.69 Å². The van der Waals surface area contributed by atoms with Crippen molar-refractivity contribution in [3.8, 4) is 5.75 Å². The lowest BCUT2D eigenvalue weighted by atomic mass is 9.96. The molecule has 0 saturated carbocycles. The van der Waals surface area contributed by atoms with Gasteiger partial charge in [0.2, 0.25) is 0 Å². The number of ether oxygens (including phenoxy) is 1. The first-order valence-electron chi connectivity index (χ1n) is 7.00. The van der Waals surface area contributed by atoms with Crippen LogP contribution in [0.25, 0.3) is 0 Å². The van der Waals surface area contributed by atoms with Crippen LogP contribution in [-0.2, 0) is 15.2 Å². The first-order chi connectivity index (χ1) is 10.8. The van der Waals surface area contributed by atoms with Crippen molar-refractivity contribution in [3.63, 3.8) is 0 Å². The number of hydrogen-bond donors (Lipinski definition) is 1. The first-order valence-corrected chi connectivity index (χ1v) is 8.30. The molecule has 0 atom stereocenters. The molecule has 134 valence electrons. The van der Waals surface area contributed by atoms with Crippen LogP contribution in [0.3, 0.4) is 0 Å². The molecule has 24 heavy (non-hydrogen) atoms. The summed E-state index contributed by atoms with van der Waals surface area (Å²) in [6.07, 6.45) is -0.328. The lowest BCUT2D eigenvalue weighted by Crippen LogP contribution is -2.28. The minimum absolute atomic E-state index is 0.0882. The third-order valence-electron chi connectivity index (χ3n) is 3.17. The predicted molar refractivity (Wildman–Crippen MR) is 86.6 cm³/mol. The van der Waals surface area contributed by atoms with Crippen LogP contribution in [0.1, 0.15) is 47.8 Å². The van der Waals surface area contributed by atoms with Crippen molar-refractivity contribution in [1.82, 2.24) is 0 Å². The molecule has 1 aromatic carbocycles. The molecule has 0 aliphatic heterocycles. The molecule has 1 rings (SSSR count). The monoisotopic (exact) mass is 361 g/mol. The number of amides is 1. The van der Waals surface area contributed by atoms with E-state index in [0.29, 0.717) is 11.8 Å². The smallest absolute Gasteiger partial charge is 0.444 e. The molecule has 0 heterocycles. The summed E-state index contributed by atoms with van der Waals surface area (Å²) in [5, 5.41) is 2.45. The standard InChI is InChI=1S/C15H20FNO6S/c1-8-11(7-18)9(2)13(23-24(16,20)21)10(3)12(8)17-14(19)22-15(4,5)6/h7H,1-6H3,(H,17,19). The molecular weight excluding hydrogens is 341 g/mol. The summed E-state index contributed by atoms with van der Waals surface area (Å²) in [5.74, 6) is -0.351. The number of anilines is 1. The Hall–Kier alpha value is -2.16. The quantitative estimate of drug-likeness (QED) is 0.652. The van der Waals surface area contributed by atoms with Crippen LogP contribution >= 0.6 is 0 Å². The highest BCUT2D eigenvalue weighted by molar-refractivity contribution is 7.81. The topological polar surface area (TPSA) is 98.8 Å². The Bertz CT molecular complexity index is 780. The second-order valence-corrected chi connectivity index (χ2v) is 7.17. The minimum atomic E-state index is -5.29. The van der Waals surface area contributed by atoms with E-state index < -0.39 is 22.2 Å². The van der Waals surface area contributed by atoms with Crippen LogP contribution in [0.15, 0.2) is 0 Å². The van der Waals surface area contributed by atoms with E-state index in [4.69, 9.17) is 4.74 Å². The van der Waals surface area contributed by atoms with Crippen molar-refractivity contribution in [2.24, 2.45) is 0 Å². The second kappa shape index (κ2) is 6.76. The molecule has 0 aromatic heterocycles. The second-order valence-electron chi connectivity index (χ2n) is 6.21. The molecular formula is C15H20FNO6S. The van der Waals surface area contributed by atoms with Crippen molar-refractivity contribution in [1.29, 1.82) is 0 Å². The zero-order chi connectivity index (χ0) is 18.9. The minimum Gasteiger partial charge on any atom is -0.444 e. The first kappa shape index (κ1) is 19.9. The maximum atomic E-state index is 12.9. The highest BCUT2D eigenvalue weighted by atomic mass is 32.3. The lowest BCUT2D eigenvalue weighted by molar-refractivity contribution is 0.0635. The molecule has 7 nitrogen and oxygen atoms in total. The van der Waals surface area contributed by atoms with Crippen LogP contribution in [-0.4, -0.2) is 26.4 Å². The summed E-state index contributed by atoms with van der Waals surface area (Å²) in [6, 6.07) is 0. The third-order valence-corrected chi connectivity index (χ3v) is 3.53. The van der Waals surface area contributed by atoms with E-state index in [9.17, 15) is 21.9 Å². The van der Waals surface area contributed by atoms with E-state index in [-0.39, 0.29) is 28.1 Å². The van der Waals surface area contributed by atoms with E-state index in [2.05, 4.69) is 9.50 Å². The van der Waals surface area contributed by atoms with Crippen LogP contribution < -0.4 is 9.50 Å². The summed E-state index contributed by atoms with van der Waals surface area (Å²) in [5.41, 5.74) is 0.139. The Kier molecular flexibility index (Phi) is 5.60. The van der Waals surface area contributed by atoms with E-state index in [0.717, 1.165) is 0 Å². The molecule has 0 aliphatic carbocycles. The molecule has 1 N–H and O–H groups in total. The van der Waals surface area contributed by atoms with Crippen molar-refractivity contribution in [2.45, 2.75) is 47.1 Å². The van der Waals surface area contributed by atoms with Gasteiger partial charge in [-0.25, -0.2) is 4.79 Å². The van der Waals surface area contributed by atoms with Crippen molar-refractivity contribution in [2.75, 3.05) is 5.32 Å². The highest BCUT2D eigenvalue weighted by Crippen LogP contribution is 2.37. The SMILES string of the molecule is Cc1c(C=O)c(C)c(OS(=O)(=O)F)c(C)c1NC(=O)OC(C)(C)C. The number of benzene rings is 1. The van der Waals surface area contributed by atoms with Crippen molar-refractivity contribution < 1.29 is 30.8 Å². The van der Waals surface area contributed by atoms with Gasteiger partial charge in [0.25, 0.3) is 0 Å². The Morgan fingerprint density at radius 3 is 2.08 bits per heavy atom. The fourth-order valence-electron chi connectivity index (χ4n) is 2.21. The summed E-state index contributed by atoms with van der Waals surface area (Å²) in [4.78, 5) is 23.3. The normalized spacial score (nSPS) is 11.8. The van der Waals surface area contributed by atoms with Gasteiger partial charge in [-0.1, -0.05) is 3.89 Å². The fourth-order valence-corrected chi connectivity index (χ4v) is 2.66. The number of halogens is 1. The molecule has 0 spiro atoms. The number of aldehydes is 1. The third kappa shape index (κ3) is 4.92. The Balaban J connectivity index is 3.47. The largest absolute Gasteiger partial charge is 0.488 e. The fraction of sp³-hybridized carbons (Fsp3) is 0.467. The molecule has 1 amide bonds. The number of nitrogens with one attached hydrogen (secondary N) is 1. The maximum absolute atomic E-state index is 12.9. The number of carbonyl (C=O) groups is 2. The van der Waals surface area contributed by atoms with Crippen LogP contribution in [0.2, 0.25) is 0 Å². The summed E-state index contributed by atoms with van der Waals surface area (Å²) in [7, 11) is -5.29. The van der Waals surface area contributed by atoms with Crippen LogP contribution in [0.4, 0.5) is 14.4 Å². The molecule has 9 heteroatoms.